The lowest BCUT2D eigenvalue weighted by Gasteiger charge is -2.10. The van der Waals surface area contributed by atoms with Crippen LogP contribution in [0.15, 0.2) is 42.5 Å². The molecule has 0 aromatic heterocycles. The van der Waals surface area contributed by atoms with Crippen molar-refractivity contribution in [1.29, 1.82) is 0 Å². The first-order valence-corrected chi connectivity index (χ1v) is 6.66. The maximum Gasteiger partial charge on any atom is 0.0641 e. The van der Waals surface area contributed by atoms with Gasteiger partial charge in [0, 0.05) is 11.6 Å². The molecule has 2 rings (SSSR count). The predicted octanol–water partition coefficient (Wildman–Crippen LogP) is 4.96. The highest BCUT2D eigenvalue weighted by molar-refractivity contribution is 6.35. The summed E-state index contributed by atoms with van der Waals surface area (Å²) in [5, 5.41) is 4.76. The highest BCUT2D eigenvalue weighted by Crippen LogP contribution is 2.28. The van der Waals surface area contributed by atoms with Crippen molar-refractivity contribution in [3.05, 3.63) is 63.6 Å². The fourth-order valence-corrected chi connectivity index (χ4v) is 2.22. The van der Waals surface area contributed by atoms with Gasteiger partial charge in [0.2, 0.25) is 0 Å². The minimum atomic E-state index is 0.713. The van der Waals surface area contributed by atoms with Crippen LogP contribution < -0.4 is 5.32 Å². The molecule has 0 heterocycles. The number of rotatable bonds is 4. The first-order valence-electron chi connectivity index (χ1n) is 5.90. The molecule has 0 bridgehead atoms. The van der Waals surface area contributed by atoms with E-state index in [1.807, 2.05) is 37.3 Å². The van der Waals surface area contributed by atoms with E-state index in [2.05, 4.69) is 17.4 Å². The Labute approximate surface area is 118 Å². The highest BCUT2D eigenvalue weighted by Gasteiger charge is 2.04. The maximum absolute atomic E-state index is 6.16. The zero-order valence-electron chi connectivity index (χ0n) is 10.2. The van der Waals surface area contributed by atoms with Gasteiger partial charge in [-0.1, -0.05) is 53.5 Å². The van der Waals surface area contributed by atoms with E-state index in [0.29, 0.717) is 5.02 Å². The molecule has 0 aliphatic heterocycles. The fourth-order valence-electron chi connectivity index (χ4n) is 1.77. The number of halogens is 2. The van der Waals surface area contributed by atoms with Crippen LogP contribution in [0.25, 0.3) is 0 Å². The van der Waals surface area contributed by atoms with E-state index < -0.39 is 0 Å². The van der Waals surface area contributed by atoms with Crippen molar-refractivity contribution in [1.82, 2.24) is 0 Å². The van der Waals surface area contributed by atoms with Crippen LogP contribution in [-0.4, -0.2) is 6.54 Å². The zero-order chi connectivity index (χ0) is 13.0. The Hall–Kier alpha value is -1.18. The van der Waals surface area contributed by atoms with Crippen LogP contribution in [0.5, 0.6) is 0 Å². The Morgan fingerprint density at radius 1 is 1.00 bits per heavy atom. The van der Waals surface area contributed by atoms with Crippen LogP contribution in [-0.2, 0) is 6.42 Å². The Balaban J connectivity index is 1.97. The highest BCUT2D eigenvalue weighted by atomic mass is 35.5. The first-order chi connectivity index (χ1) is 8.66. The van der Waals surface area contributed by atoms with Gasteiger partial charge in [0.15, 0.2) is 0 Å². The van der Waals surface area contributed by atoms with Gasteiger partial charge >= 0.3 is 0 Å². The number of hydrogen-bond acceptors (Lipinski definition) is 1. The number of nitrogens with one attached hydrogen (secondary N) is 1. The molecule has 0 radical (unpaired) electrons. The summed E-state index contributed by atoms with van der Waals surface area (Å²) in [6, 6.07) is 14.1. The quantitative estimate of drug-likeness (QED) is 0.835. The minimum absolute atomic E-state index is 0.713. The molecule has 2 aromatic carbocycles. The van der Waals surface area contributed by atoms with E-state index in [-0.39, 0.29) is 0 Å². The average molecular weight is 280 g/mol. The average Bonchev–Trinajstić information content (AvgIpc) is 2.37. The van der Waals surface area contributed by atoms with E-state index in [1.54, 1.807) is 0 Å². The zero-order valence-corrected chi connectivity index (χ0v) is 11.7. The molecular formula is C15H15Cl2N. The standard InChI is InChI=1S/C15H15Cl2N/c1-11-9-14(17)15(10-13(11)16)18-8-7-12-5-3-2-4-6-12/h2-6,9-10,18H,7-8H2,1H3. The van der Waals surface area contributed by atoms with Gasteiger partial charge in [-0.2, -0.15) is 0 Å². The van der Waals surface area contributed by atoms with E-state index in [9.17, 15) is 0 Å². The van der Waals surface area contributed by atoms with Gasteiger partial charge < -0.3 is 5.32 Å². The molecule has 0 aliphatic rings. The third-order valence-corrected chi connectivity index (χ3v) is 3.54. The van der Waals surface area contributed by atoms with Crippen molar-refractivity contribution in [3.8, 4) is 0 Å². The molecule has 0 fully saturated rings. The molecule has 0 spiro atoms. The van der Waals surface area contributed by atoms with Gasteiger partial charge in [0.05, 0.1) is 10.7 Å². The smallest absolute Gasteiger partial charge is 0.0641 e. The Kier molecular flexibility index (Phi) is 4.51. The van der Waals surface area contributed by atoms with Gasteiger partial charge in [0.1, 0.15) is 0 Å². The van der Waals surface area contributed by atoms with E-state index in [0.717, 1.165) is 29.2 Å². The van der Waals surface area contributed by atoms with Crippen molar-refractivity contribution in [2.45, 2.75) is 13.3 Å². The summed E-state index contributed by atoms with van der Waals surface area (Å²) in [5.74, 6) is 0. The lowest BCUT2D eigenvalue weighted by atomic mass is 10.1. The summed E-state index contributed by atoms with van der Waals surface area (Å²) in [7, 11) is 0. The molecule has 0 aliphatic carbocycles. The molecule has 0 unspecified atom stereocenters. The molecule has 2 aromatic rings. The van der Waals surface area contributed by atoms with Crippen LogP contribution in [0.4, 0.5) is 5.69 Å². The monoisotopic (exact) mass is 279 g/mol. The molecule has 0 saturated heterocycles. The predicted molar refractivity (Wildman–Crippen MR) is 79.8 cm³/mol. The van der Waals surface area contributed by atoms with E-state index in [1.165, 1.54) is 5.56 Å². The number of anilines is 1. The molecule has 94 valence electrons. The second kappa shape index (κ2) is 6.12. The van der Waals surface area contributed by atoms with Crippen LogP contribution >= 0.6 is 23.2 Å². The van der Waals surface area contributed by atoms with Gasteiger partial charge in [0.25, 0.3) is 0 Å². The third-order valence-electron chi connectivity index (χ3n) is 2.82. The van der Waals surface area contributed by atoms with Crippen molar-refractivity contribution >= 4 is 28.9 Å². The van der Waals surface area contributed by atoms with E-state index in [4.69, 9.17) is 23.2 Å². The van der Waals surface area contributed by atoms with Crippen molar-refractivity contribution in [2.75, 3.05) is 11.9 Å². The second-order valence-electron chi connectivity index (χ2n) is 4.24. The van der Waals surface area contributed by atoms with Gasteiger partial charge in [-0.25, -0.2) is 0 Å². The van der Waals surface area contributed by atoms with Crippen LogP contribution in [0, 0.1) is 6.92 Å². The Morgan fingerprint density at radius 3 is 2.44 bits per heavy atom. The van der Waals surface area contributed by atoms with Crippen molar-refractivity contribution < 1.29 is 0 Å². The fraction of sp³-hybridized carbons (Fsp3) is 0.200. The topological polar surface area (TPSA) is 12.0 Å². The van der Waals surface area contributed by atoms with Crippen molar-refractivity contribution in [2.24, 2.45) is 0 Å². The van der Waals surface area contributed by atoms with E-state index >= 15 is 0 Å². The SMILES string of the molecule is Cc1cc(Cl)c(NCCc2ccccc2)cc1Cl. The van der Waals surface area contributed by atoms with Crippen LogP contribution in [0.2, 0.25) is 10.0 Å². The van der Waals surface area contributed by atoms with Gasteiger partial charge in [-0.3, -0.25) is 0 Å². The van der Waals surface area contributed by atoms with Crippen molar-refractivity contribution in [3.63, 3.8) is 0 Å². The lowest BCUT2D eigenvalue weighted by molar-refractivity contribution is 1.02. The minimum Gasteiger partial charge on any atom is -0.383 e. The summed E-state index contributed by atoms with van der Waals surface area (Å²) in [6.07, 6.45) is 0.961. The molecule has 0 amide bonds. The maximum atomic E-state index is 6.16. The summed E-state index contributed by atoms with van der Waals surface area (Å²) in [6.45, 7) is 2.78. The third kappa shape index (κ3) is 3.41. The Morgan fingerprint density at radius 2 is 1.72 bits per heavy atom. The molecule has 3 heteroatoms. The van der Waals surface area contributed by atoms with Gasteiger partial charge in [-0.05, 0) is 36.6 Å². The normalized spacial score (nSPS) is 10.4. The molecule has 0 saturated carbocycles. The van der Waals surface area contributed by atoms with Gasteiger partial charge in [-0.15, -0.1) is 0 Å². The number of aryl methyl sites for hydroxylation is 1. The molecule has 0 atom stereocenters. The summed E-state index contributed by atoms with van der Waals surface area (Å²) in [5.41, 5.74) is 3.19. The molecule has 1 N–H and O–H groups in total. The lowest BCUT2D eigenvalue weighted by Crippen LogP contribution is -2.05. The molecular weight excluding hydrogens is 265 g/mol. The summed E-state index contributed by atoms with van der Waals surface area (Å²) in [4.78, 5) is 0. The summed E-state index contributed by atoms with van der Waals surface area (Å²) >= 11 is 12.2. The van der Waals surface area contributed by atoms with Crippen LogP contribution in [0.3, 0.4) is 0 Å². The largest absolute Gasteiger partial charge is 0.383 e. The second-order valence-corrected chi connectivity index (χ2v) is 5.06. The summed E-state index contributed by atoms with van der Waals surface area (Å²) < 4.78 is 0. The Bertz CT molecular complexity index is 524. The number of hydrogen-bond donors (Lipinski definition) is 1. The molecule has 1 nitrogen and oxygen atoms in total. The first kappa shape index (κ1) is 13.3. The number of benzene rings is 2. The van der Waals surface area contributed by atoms with Crippen LogP contribution in [0.1, 0.15) is 11.1 Å². The molecule has 18 heavy (non-hydrogen) atoms.